The van der Waals surface area contributed by atoms with Gasteiger partial charge in [0.1, 0.15) is 17.9 Å². The molecule has 2 unspecified atom stereocenters. The van der Waals surface area contributed by atoms with Gasteiger partial charge in [-0.2, -0.15) is 10.4 Å². The summed E-state index contributed by atoms with van der Waals surface area (Å²) in [5.41, 5.74) is 4.01. The molecule has 2 aliphatic rings. The second-order valence-electron chi connectivity index (χ2n) is 7.55. The molecule has 2 atom stereocenters. The number of ether oxygens (including phenoxy) is 1. The normalized spacial score (nSPS) is 20.0. The lowest BCUT2D eigenvalue weighted by Gasteiger charge is -2.22. The molecule has 1 aliphatic carbocycles. The average molecular weight is 400 g/mol. The van der Waals surface area contributed by atoms with Crippen LogP contribution in [-0.2, 0) is 17.6 Å². The number of nitrogens with one attached hydrogen (secondary N) is 1. The number of aromatic nitrogens is 4. The van der Waals surface area contributed by atoms with Crippen LogP contribution in [0.25, 0.3) is 11.3 Å². The fourth-order valence-electron chi connectivity index (χ4n) is 4.10. The van der Waals surface area contributed by atoms with E-state index < -0.39 is 0 Å². The lowest BCUT2D eigenvalue weighted by Crippen LogP contribution is -2.37. The molecule has 8 nitrogen and oxygen atoms in total. The number of hydrogen-bond acceptors (Lipinski definition) is 7. The molecule has 0 amide bonds. The zero-order valence-electron chi connectivity index (χ0n) is 16.3. The standard InChI is InChI=1S/C22H20N6O2/c23-10-16-9-14-3-1-5-17(14)25-22(16)26-19-12-30-13-20(19)28-21(29)7-6-18(27-28)15-4-2-8-24-11-15/h2,4,6-9,11,19-20H,1,3,5,12-13H2,(H,25,26). The molecule has 3 aromatic rings. The van der Waals surface area contributed by atoms with Gasteiger partial charge in [-0.1, -0.05) is 0 Å². The van der Waals surface area contributed by atoms with Gasteiger partial charge in [0.05, 0.1) is 30.5 Å². The highest BCUT2D eigenvalue weighted by Gasteiger charge is 2.32. The number of pyridine rings is 2. The third kappa shape index (κ3) is 3.33. The fourth-order valence-corrected chi connectivity index (χ4v) is 4.10. The second-order valence-corrected chi connectivity index (χ2v) is 7.55. The van der Waals surface area contributed by atoms with Crippen molar-refractivity contribution in [1.82, 2.24) is 19.7 Å². The summed E-state index contributed by atoms with van der Waals surface area (Å²) in [5, 5.41) is 17.5. The van der Waals surface area contributed by atoms with Gasteiger partial charge in [-0.3, -0.25) is 9.78 Å². The van der Waals surface area contributed by atoms with Crippen LogP contribution < -0.4 is 10.9 Å². The first kappa shape index (κ1) is 18.5. The van der Waals surface area contributed by atoms with Gasteiger partial charge in [0.25, 0.3) is 5.56 Å². The molecule has 1 saturated heterocycles. The van der Waals surface area contributed by atoms with E-state index in [4.69, 9.17) is 9.72 Å². The van der Waals surface area contributed by atoms with Crippen LogP contribution in [0.15, 0.2) is 47.5 Å². The van der Waals surface area contributed by atoms with E-state index in [-0.39, 0.29) is 17.6 Å². The van der Waals surface area contributed by atoms with Crippen LogP contribution in [0.4, 0.5) is 5.82 Å². The van der Waals surface area contributed by atoms with Gasteiger partial charge in [0.15, 0.2) is 0 Å². The van der Waals surface area contributed by atoms with Crippen LogP contribution in [-0.4, -0.2) is 39.0 Å². The topological polar surface area (TPSA) is 106 Å². The summed E-state index contributed by atoms with van der Waals surface area (Å²) in [6.45, 7) is 0.757. The highest BCUT2D eigenvalue weighted by atomic mass is 16.5. The minimum atomic E-state index is -0.310. The van der Waals surface area contributed by atoms with Crippen molar-refractivity contribution < 1.29 is 4.74 Å². The minimum absolute atomic E-state index is 0.202. The summed E-state index contributed by atoms with van der Waals surface area (Å²) in [6.07, 6.45) is 6.36. The van der Waals surface area contributed by atoms with E-state index in [0.29, 0.717) is 30.3 Å². The Morgan fingerprint density at radius 2 is 2.17 bits per heavy atom. The summed E-state index contributed by atoms with van der Waals surface area (Å²) < 4.78 is 7.14. The molecule has 0 aromatic carbocycles. The molecule has 0 spiro atoms. The molecule has 0 bridgehead atoms. The van der Waals surface area contributed by atoms with Gasteiger partial charge in [-0.15, -0.1) is 0 Å². The van der Waals surface area contributed by atoms with Crippen LogP contribution in [0, 0.1) is 11.3 Å². The predicted molar refractivity (Wildman–Crippen MR) is 110 cm³/mol. The molecular weight excluding hydrogens is 380 g/mol. The van der Waals surface area contributed by atoms with Gasteiger partial charge in [-0.05, 0) is 49.1 Å². The molecule has 0 radical (unpaired) electrons. The summed E-state index contributed by atoms with van der Waals surface area (Å²) in [7, 11) is 0. The highest BCUT2D eigenvalue weighted by Crippen LogP contribution is 2.28. The predicted octanol–water partition coefficient (Wildman–Crippen LogP) is 2.11. The summed E-state index contributed by atoms with van der Waals surface area (Å²) in [5.74, 6) is 0.551. The van der Waals surface area contributed by atoms with Crippen molar-refractivity contribution in [3.63, 3.8) is 0 Å². The number of nitriles is 1. The Kier molecular flexibility index (Phi) is 4.73. The van der Waals surface area contributed by atoms with E-state index in [2.05, 4.69) is 21.5 Å². The average Bonchev–Trinajstić information content (AvgIpc) is 3.43. The molecule has 5 rings (SSSR count). The molecule has 3 aromatic heterocycles. The van der Waals surface area contributed by atoms with Gasteiger partial charge in [0, 0.05) is 29.7 Å². The van der Waals surface area contributed by atoms with Gasteiger partial charge < -0.3 is 10.1 Å². The van der Waals surface area contributed by atoms with Crippen LogP contribution in [0.2, 0.25) is 0 Å². The van der Waals surface area contributed by atoms with E-state index in [0.717, 1.165) is 36.1 Å². The lowest BCUT2D eigenvalue weighted by molar-refractivity contribution is 0.183. The van der Waals surface area contributed by atoms with Crippen molar-refractivity contribution in [2.75, 3.05) is 18.5 Å². The van der Waals surface area contributed by atoms with Crippen molar-refractivity contribution in [2.24, 2.45) is 0 Å². The monoisotopic (exact) mass is 400 g/mol. The molecular formula is C22H20N6O2. The quantitative estimate of drug-likeness (QED) is 0.715. The molecule has 150 valence electrons. The first-order valence-electron chi connectivity index (χ1n) is 10.0. The maximum absolute atomic E-state index is 12.6. The Morgan fingerprint density at radius 3 is 3.00 bits per heavy atom. The first-order valence-corrected chi connectivity index (χ1v) is 10.0. The molecule has 1 N–H and O–H groups in total. The lowest BCUT2D eigenvalue weighted by atomic mass is 10.1. The summed E-state index contributed by atoms with van der Waals surface area (Å²) >= 11 is 0. The smallest absolute Gasteiger partial charge is 0.267 e. The Bertz CT molecular complexity index is 1180. The van der Waals surface area contributed by atoms with E-state index in [9.17, 15) is 10.1 Å². The molecule has 30 heavy (non-hydrogen) atoms. The fraction of sp³-hybridized carbons (Fsp3) is 0.318. The third-order valence-electron chi connectivity index (χ3n) is 5.64. The Labute approximate surface area is 173 Å². The number of aryl methyl sites for hydroxylation is 2. The van der Waals surface area contributed by atoms with E-state index >= 15 is 0 Å². The van der Waals surface area contributed by atoms with E-state index in [1.54, 1.807) is 18.5 Å². The van der Waals surface area contributed by atoms with E-state index in [1.807, 2.05) is 18.2 Å². The van der Waals surface area contributed by atoms with Gasteiger partial charge in [0.2, 0.25) is 0 Å². The first-order chi connectivity index (χ1) is 14.7. The number of rotatable bonds is 4. The zero-order valence-corrected chi connectivity index (χ0v) is 16.3. The van der Waals surface area contributed by atoms with Gasteiger partial charge >= 0.3 is 0 Å². The number of fused-ring (bicyclic) bond motifs is 1. The van der Waals surface area contributed by atoms with Crippen LogP contribution >= 0.6 is 0 Å². The Morgan fingerprint density at radius 1 is 1.23 bits per heavy atom. The van der Waals surface area contributed by atoms with Crippen molar-refractivity contribution in [2.45, 2.75) is 31.3 Å². The molecule has 1 fully saturated rings. The van der Waals surface area contributed by atoms with Crippen LogP contribution in [0.5, 0.6) is 0 Å². The number of nitrogens with zero attached hydrogens (tertiary/aromatic N) is 5. The maximum atomic E-state index is 12.6. The maximum Gasteiger partial charge on any atom is 0.267 e. The van der Waals surface area contributed by atoms with Crippen LogP contribution in [0.1, 0.15) is 29.3 Å². The van der Waals surface area contributed by atoms with Crippen molar-refractivity contribution in [3.8, 4) is 17.3 Å². The number of anilines is 1. The van der Waals surface area contributed by atoms with Crippen LogP contribution in [0.3, 0.4) is 0 Å². The van der Waals surface area contributed by atoms with Crippen molar-refractivity contribution in [3.05, 3.63) is 69.9 Å². The van der Waals surface area contributed by atoms with Gasteiger partial charge in [-0.25, -0.2) is 9.67 Å². The second kappa shape index (κ2) is 7.69. The van der Waals surface area contributed by atoms with Crippen molar-refractivity contribution >= 4 is 5.82 Å². The zero-order chi connectivity index (χ0) is 20.5. The largest absolute Gasteiger partial charge is 0.377 e. The molecule has 8 heteroatoms. The third-order valence-corrected chi connectivity index (χ3v) is 5.64. The summed E-state index contributed by atoms with van der Waals surface area (Å²) in [6, 6.07) is 10.6. The minimum Gasteiger partial charge on any atom is -0.377 e. The Hall–Kier alpha value is -3.57. The van der Waals surface area contributed by atoms with Crippen molar-refractivity contribution in [1.29, 1.82) is 5.26 Å². The summed E-state index contributed by atoms with van der Waals surface area (Å²) in [4.78, 5) is 21.4. The Balaban J connectivity index is 1.47. The highest BCUT2D eigenvalue weighted by molar-refractivity contribution is 5.57. The SMILES string of the molecule is N#Cc1cc2c(nc1NC1COCC1n1nc(-c3cccnc3)ccc1=O)CCC2. The molecule has 0 saturated carbocycles. The molecule has 4 heterocycles. The number of hydrogen-bond donors (Lipinski definition) is 1. The molecule has 1 aliphatic heterocycles. The van der Waals surface area contributed by atoms with E-state index in [1.165, 1.54) is 10.7 Å².